The molecule has 6 nitrogen and oxygen atoms in total. The van der Waals surface area contributed by atoms with E-state index in [0.29, 0.717) is 28.6 Å². The quantitative estimate of drug-likeness (QED) is 0.689. The molecule has 0 bridgehead atoms. The molecule has 0 spiro atoms. The summed E-state index contributed by atoms with van der Waals surface area (Å²) >= 11 is 6.02. The summed E-state index contributed by atoms with van der Waals surface area (Å²) in [5, 5.41) is 6.19. The second-order valence-corrected chi connectivity index (χ2v) is 7.43. The number of urea groups is 1. The Balaban J connectivity index is 1.90. The molecule has 1 aliphatic rings. The van der Waals surface area contributed by atoms with Crippen molar-refractivity contribution in [3.05, 3.63) is 76.0 Å². The molecular weight excluding hydrogens is 392 g/mol. The third kappa shape index (κ3) is 4.90. The summed E-state index contributed by atoms with van der Waals surface area (Å²) in [6.45, 7) is 4.16. The Labute approximate surface area is 174 Å². The number of nitrogens with one attached hydrogen (secondary N) is 2. The number of hydrogen-bond acceptors (Lipinski definition) is 4. The number of carbonyl (C=O) groups excluding carboxylic acids is 2. The van der Waals surface area contributed by atoms with Gasteiger partial charge in [-0.05, 0) is 41.3 Å². The highest BCUT2D eigenvalue weighted by Gasteiger charge is 2.34. The number of rotatable bonds is 6. The van der Waals surface area contributed by atoms with Gasteiger partial charge in [0.2, 0.25) is 0 Å². The van der Waals surface area contributed by atoms with Crippen LogP contribution < -0.4 is 15.4 Å². The van der Waals surface area contributed by atoms with Crippen LogP contribution in [-0.4, -0.2) is 19.1 Å². The molecule has 0 saturated heterocycles. The second kappa shape index (κ2) is 9.01. The van der Waals surface area contributed by atoms with Gasteiger partial charge >= 0.3 is 12.0 Å². The van der Waals surface area contributed by atoms with Crippen molar-refractivity contribution in [3.8, 4) is 5.75 Å². The molecule has 2 amide bonds. The maximum Gasteiger partial charge on any atom is 0.337 e. The van der Waals surface area contributed by atoms with E-state index in [4.69, 9.17) is 21.1 Å². The summed E-state index contributed by atoms with van der Waals surface area (Å²) in [7, 11) is 1.32. The van der Waals surface area contributed by atoms with E-state index in [0.717, 1.165) is 11.1 Å². The van der Waals surface area contributed by atoms with E-state index in [-0.39, 0.29) is 11.9 Å². The molecule has 1 aliphatic heterocycles. The van der Waals surface area contributed by atoms with Gasteiger partial charge < -0.3 is 20.1 Å². The molecule has 0 radical (unpaired) electrons. The average molecular weight is 415 g/mol. The van der Waals surface area contributed by atoms with Crippen molar-refractivity contribution >= 4 is 23.6 Å². The summed E-state index contributed by atoms with van der Waals surface area (Å²) in [5.41, 5.74) is 2.60. The Morgan fingerprint density at radius 3 is 2.62 bits per heavy atom. The maximum absolute atomic E-state index is 12.5. The largest absolute Gasteiger partial charge is 0.489 e. The zero-order chi connectivity index (χ0) is 21.0. The highest BCUT2D eigenvalue weighted by molar-refractivity contribution is 6.30. The number of carbonyl (C=O) groups is 2. The number of ether oxygens (including phenoxy) is 2. The van der Waals surface area contributed by atoms with E-state index >= 15 is 0 Å². The van der Waals surface area contributed by atoms with Crippen LogP contribution in [0.2, 0.25) is 5.02 Å². The summed E-state index contributed by atoms with van der Waals surface area (Å²) in [6.07, 6.45) is 0. The van der Waals surface area contributed by atoms with Gasteiger partial charge in [0.25, 0.3) is 0 Å². The smallest absolute Gasteiger partial charge is 0.337 e. The number of esters is 1. The van der Waals surface area contributed by atoms with E-state index in [1.165, 1.54) is 7.11 Å². The molecule has 2 N–H and O–H groups in total. The van der Waals surface area contributed by atoms with Crippen molar-refractivity contribution in [2.75, 3.05) is 7.11 Å². The van der Waals surface area contributed by atoms with Gasteiger partial charge in [-0.1, -0.05) is 49.7 Å². The fraction of sp³-hybridized carbons (Fsp3) is 0.273. The van der Waals surface area contributed by atoms with Gasteiger partial charge in [-0.25, -0.2) is 9.59 Å². The lowest BCUT2D eigenvalue weighted by Gasteiger charge is -2.30. The van der Waals surface area contributed by atoms with Crippen molar-refractivity contribution in [3.63, 3.8) is 0 Å². The first-order chi connectivity index (χ1) is 13.9. The number of amides is 2. The van der Waals surface area contributed by atoms with Crippen LogP contribution in [0.4, 0.5) is 4.79 Å². The molecule has 2 aromatic rings. The molecule has 1 atom stereocenters. The topological polar surface area (TPSA) is 76.7 Å². The third-order valence-electron chi connectivity index (χ3n) is 4.57. The van der Waals surface area contributed by atoms with Crippen molar-refractivity contribution in [2.45, 2.75) is 26.5 Å². The van der Waals surface area contributed by atoms with Gasteiger partial charge in [-0.3, -0.25) is 0 Å². The van der Waals surface area contributed by atoms with Gasteiger partial charge in [0.05, 0.1) is 18.7 Å². The van der Waals surface area contributed by atoms with E-state index in [9.17, 15) is 9.59 Å². The summed E-state index contributed by atoms with van der Waals surface area (Å²) < 4.78 is 10.9. The molecule has 7 heteroatoms. The van der Waals surface area contributed by atoms with Crippen molar-refractivity contribution in [2.24, 2.45) is 5.92 Å². The predicted octanol–water partition coefficient (Wildman–Crippen LogP) is 4.36. The number of hydrogen-bond donors (Lipinski definition) is 2. The van der Waals surface area contributed by atoms with Gasteiger partial charge in [-0.15, -0.1) is 0 Å². The predicted molar refractivity (Wildman–Crippen MR) is 111 cm³/mol. The number of methoxy groups -OCH3 is 1. The fourth-order valence-corrected chi connectivity index (χ4v) is 3.42. The normalized spacial score (nSPS) is 16.3. The van der Waals surface area contributed by atoms with Crippen LogP contribution in [0.3, 0.4) is 0 Å². The zero-order valence-corrected chi connectivity index (χ0v) is 17.2. The average Bonchev–Trinajstić information content (AvgIpc) is 2.71. The van der Waals surface area contributed by atoms with Crippen LogP contribution in [0, 0.1) is 5.92 Å². The molecule has 152 valence electrons. The first-order valence-corrected chi connectivity index (χ1v) is 9.64. The molecule has 0 aliphatic carbocycles. The first kappa shape index (κ1) is 20.7. The van der Waals surface area contributed by atoms with Gasteiger partial charge in [0.15, 0.2) is 0 Å². The Morgan fingerprint density at radius 2 is 1.93 bits per heavy atom. The standard InChI is InChI=1S/C22H23ClN2O4/c1-13(2)19-18(21(26)28-3)20(25-22(27)24-19)15-7-5-9-17(11-15)29-12-14-6-4-8-16(23)10-14/h4-11,13,20H,12H2,1-3H3,(H2,24,25,27). The number of halogens is 1. The monoisotopic (exact) mass is 414 g/mol. The summed E-state index contributed by atoms with van der Waals surface area (Å²) in [4.78, 5) is 24.7. The van der Waals surface area contributed by atoms with Gasteiger partial charge in [0, 0.05) is 10.7 Å². The number of benzene rings is 2. The van der Waals surface area contributed by atoms with Crippen molar-refractivity contribution in [1.29, 1.82) is 0 Å². The Morgan fingerprint density at radius 1 is 1.17 bits per heavy atom. The fourth-order valence-electron chi connectivity index (χ4n) is 3.20. The SMILES string of the molecule is COC(=O)C1=C(C(C)C)NC(=O)NC1c1cccc(OCc2cccc(Cl)c2)c1. The molecule has 2 aromatic carbocycles. The molecule has 3 rings (SSSR count). The van der Waals surface area contributed by atoms with Crippen LogP contribution in [0.15, 0.2) is 59.8 Å². The third-order valence-corrected chi connectivity index (χ3v) is 4.81. The van der Waals surface area contributed by atoms with Crippen LogP contribution >= 0.6 is 11.6 Å². The Bertz CT molecular complexity index is 955. The van der Waals surface area contributed by atoms with Crippen LogP contribution in [0.5, 0.6) is 5.75 Å². The highest BCUT2D eigenvalue weighted by atomic mass is 35.5. The van der Waals surface area contributed by atoms with Crippen LogP contribution in [0.1, 0.15) is 31.0 Å². The highest BCUT2D eigenvalue weighted by Crippen LogP contribution is 2.32. The van der Waals surface area contributed by atoms with Crippen LogP contribution in [-0.2, 0) is 16.1 Å². The van der Waals surface area contributed by atoms with Crippen molar-refractivity contribution < 1.29 is 19.1 Å². The summed E-state index contributed by atoms with van der Waals surface area (Å²) in [6, 6.07) is 13.7. The molecule has 29 heavy (non-hydrogen) atoms. The Hall–Kier alpha value is -2.99. The Kier molecular flexibility index (Phi) is 6.44. The zero-order valence-electron chi connectivity index (χ0n) is 16.5. The lowest BCUT2D eigenvalue weighted by Crippen LogP contribution is -2.47. The molecule has 0 fully saturated rings. The maximum atomic E-state index is 12.5. The molecule has 1 heterocycles. The second-order valence-electron chi connectivity index (χ2n) is 7.00. The minimum absolute atomic E-state index is 0.0556. The molecular formula is C22H23ClN2O4. The van der Waals surface area contributed by atoms with Crippen molar-refractivity contribution in [1.82, 2.24) is 10.6 Å². The minimum Gasteiger partial charge on any atom is -0.489 e. The van der Waals surface area contributed by atoms with E-state index in [1.54, 1.807) is 6.07 Å². The van der Waals surface area contributed by atoms with Crippen LogP contribution in [0.25, 0.3) is 0 Å². The molecule has 1 unspecified atom stereocenters. The summed E-state index contributed by atoms with van der Waals surface area (Å²) in [5.74, 6) is 0.0712. The van der Waals surface area contributed by atoms with E-state index in [2.05, 4.69) is 10.6 Å². The molecule has 0 saturated carbocycles. The van der Waals surface area contributed by atoms with E-state index < -0.39 is 12.0 Å². The van der Waals surface area contributed by atoms with E-state index in [1.807, 2.05) is 56.3 Å². The first-order valence-electron chi connectivity index (χ1n) is 9.26. The van der Waals surface area contributed by atoms with Gasteiger partial charge in [-0.2, -0.15) is 0 Å². The lowest BCUT2D eigenvalue weighted by molar-refractivity contribution is -0.136. The lowest BCUT2D eigenvalue weighted by atomic mass is 9.91. The minimum atomic E-state index is -0.636. The van der Waals surface area contributed by atoms with Gasteiger partial charge in [0.1, 0.15) is 12.4 Å². The number of allylic oxidation sites excluding steroid dienone is 1. The molecule has 0 aromatic heterocycles.